The van der Waals surface area contributed by atoms with Gasteiger partial charge in [0.1, 0.15) is 6.54 Å². The Hall–Kier alpha value is -1.98. The minimum absolute atomic E-state index is 0.0113. The standard InChI is InChI=1S/C19H19ClN2O2S/c1-2-16-19(24)22(15-9-5-6-10-17(15)25-16)12-18(23)21-11-13-7-3-4-8-14(13)20/h3-10,16H,2,11-12H2,1H3,(H,21,23)/t16-/m1/s1. The van der Waals surface area contributed by atoms with Crippen molar-refractivity contribution in [3.05, 3.63) is 59.1 Å². The Morgan fingerprint density at radius 2 is 1.92 bits per heavy atom. The molecule has 0 saturated carbocycles. The predicted molar refractivity (Wildman–Crippen MR) is 102 cm³/mol. The number of thioether (sulfide) groups is 1. The Balaban J connectivity index is 1.71. The molecule has 2 amide bonds. The van der Waals surface area contributed by atoms with Gasteiger partial charge < -0.3 is 10.2 Å². The molecule has 25 heavy (non-hydrogen) atoms. The molecule has 2 aromatic carbocycles. The summed E-state index contributed by atoms with van der Waals surface area (Å²) >= 11 is 7.68. The summed E-state index contributed by atoms with van der Waals surface area (Å²) in [6, 6.07) is 15.1. The van der Waals surface area contributed by atoms with Crippen molar-refractivity contribution in [2.45, 2.75) is 30.0 Å². The van der Waals surface area contributed by atoms with Crippen molar-refractivity contribution in [2.75, 3.05) is 11.4 Å². The number of halogens is 1. The first-order valence-corrected chi connectivity index (χ1v) is 9.43. The monoisotopic (exact) mass is 374 g/mol. The molecular weight excluding hydrogens is 356 g/mol. The van der Waals surface area contributed by atoms with E-state index in [1.807, 2.05) is 49.4 Å². The molecule has 1 N–H and O–H groups in total. The first-order valence-electron chi connectivity index (χ1n) is 8.17. The van der Waals surface area contributed by atoms with Crippen molar-refractivity contribution < 1.29 is 9.59 Å². The number of carbonyl (C=O) groups is 2. The number of amides is 2. The number of fused-ring (bicyclic) bond motifs is 1. The second kappa shape index (κ2) is 7.93. The van der Waals surface area contributed by atoms with E-state index < -0.39 is 0 Å². The summed E-state index contributed by atoms with van der Waals surface area (Å²) in [7, 11) is 0. The van der Waals surface area contributed by atoms with Crippen LogP contribution in [0.4, 0.5) is 5.69 Å². The molecule has 0 spiro atoms. The SMILES string of the molecule is CC[C@H]1Sc2ccccc2N(CC(=O)NCc2ccccc2Cl)C1=O. The first kappa shape index (κ1) is 17.8. The van der Waals surface area contributed by atoms with Gasteiger partial charge in [-0.3, -0.25) is 9.59 Å². The number of carbonyl (C=O) groups excluding carboxylic acids is 2. The Bertz CT molecular complexity index is 796. The maximum absolute atomic E-state index is 12.7. The quantitative estimate of drug-likeness (QED) is 0.864. The summed E-state index contributed by atoms with van der Waals surface area (Å²) in [6.07, 6.45) is 0.732. The van der Waals surface area contributed by atoms with Crippen molar-refractivity contribution in [3.63, 3.8) is 0 Å². The number of anilines is 1. The van der Waals surface area contributed by atoms with Gasteiger partial charge in [0.05, 0.1) is 10.9 Å². The molecule has 1 aliphatic heterocycles. The lowest BCUT2D eigenvalue weighted by atomic mass is 10.2. The molecule has 4 nitrogen and oxygen atoms in total. The van der Waals surface area contributed by atoms with Gasteiger partial charge in [0, 0.05) is 16.5 Å². The van der Waals surface area contributed by atoms with Gasteiger partial charge >= 0.3 is 0 Å². The van der Waals surface area contributed by atoms with Crippen LogP contribution < -0.4 is 10.2 Å². The normalized spacial score (nSPS) is 16.5. The molecule has 6 heteroatoms. The van der Waals surface area contributed by atoms with Crippen LogP contribution in [0, 0.1) is 0 Å². The zero-order valence-corrected chi connectivity index (χ0v) is 15.4. The van der Waals surface area contributed by atoms with Crippen molar-refractivity contribution in [3.8, 4) is 0 Å². The van der Waals surface area contributed by atoms with Gasteiger partial charge in [-0.25, -0.2) is 0 Å². The van der Waals surface area contributed by atoms with Crippen LogP contribution in [0.5, 0.6) is 0 Å². The van der Waals surface area contributed by atoms with E-state index in [-0.39, 0.29) is 23.6 Å². The molecule has 0 radical (unpaired) electrons. The van der Waals surface area contributed by atoms with E-state index in [0.29, 0.717) is 11.6 Å². The fourth-order valence-corrected chi connectivity index (χ4v) is 4.09. The highest BCUT2D eigenvalue weighted by Gasteiger charge is 2.33. The van der Waals surface area contributed by atoms with Crippen LogP contribution >= 0.6 is 23.4 Å². The molecular formula is C19H19ClN2O2S. The van der Waals surface area contributed by atoms with Crippen LogP contribution in [0.25, 0.3) is 0 Å². The number of nitrogens with zero attached hydrogens (tertiary/aromatic N) is 1. The average Bonchev–Trinajstić information content (AvgIpc) is 2.63. The molecule has 3 rings (SSSR count). The summed E-state index contributed by atoms with van der Waals surface area (Å²) in [4.78, 5) is 27.7. The lowest BCUT2D eigenvalue weighted by molar-refractivity contribution is -0.123. The van der Waals surface area contributed by atoms with Gasteiger partial charge in [-0.15, -0.1) is 11.8 Å². The largest absolute Gasteiger partial charge is 0.350 e. The number of hydrogen-bond acceptors (Lipinski definition) is 3. The molecule has 1 heterocycles. The lowest BCUT2D eigenvalue weighted by Crippen LogP contribution is -2.46. The molecule has 1 atom stereocenters. The van der Waals surface area contributed by atoms with E-state index in [2.05, 4.69) is 5.32 Å². The fourth-order valence-electron chi connectivity index (χ4n) is 2.73. The van der Waals surface area contributed by atoms with E-state index in [9.17, 15) is 9.59 Å². The molecule has 0 aliphatic carbocycles. The van der Waals surface area contributed by atoms with Gasteiger partial charge in [-0.2, -0.15) is 0 Å². The summed E-state index contributed by atoms with van der Waals surface area (Å²) in [5.74, 6) is -0.219. The molecule has 130 valence electrons. The smallest absolute Gasteiger partial charge is 0.240 e. The van der Waals surface area contributed by atoms with E-state index in [1.54, 1.807) is 22.7 Å². The van der Waals surface area contributed by atoms with Crippen LogP contribution in [0.3, 0.4) is 0 Å². The Kier molecular flexibility index (Phi) is 5.66. The topological polar surface area (TPSA) is 49.4 Å². The van der Waals surface area contributed by atoms with E-state index >= 15 is 0 Å². The third kappa shape index (κ3) is 3.99. The highest BCUT2D eigenvalue weighted by Crippen LogP contribution is 2.39. The van der Waals surface area contributed by atoms with Crippen LogP contribution in [0.15, 0.2) is 53.4 Å². The highest BCUT2D eigenvalue weighted by atomic mass is 35.5. The van der Waals surface area contributed by atoms with Crippen molar-refractivity contribution in [1.82, 2.24) is 5.32 Å². The summed E-state index contributed by atoms with van der Waals surface area (Å²) < 4.78 is 0. The van der Waals surface area contributed by atoms with Crippen LogP contribution in [0.1, 0.15) is 18.9 Å². The van der Waals surface area contributed by atoms with Gasteiger partial charge in [0.25, 0.3) is 0 Å². The molecule has 2 aromatic rings. The van der Waals surface area contributed by atoms with Crippen LogP contribution in [-0.2, 0) is 16.1 Å². The summed E-state index contributed by atoms with van der Waals surface area (Å²) in [6.45, 7) is 2.34. The van der Waals surface area contributed by atoms with E-state index in [0.717, 1.165) is 22.6 Å². The molecule has 1 aliphatic rings. The Labute approximate surface area is 156 Å². The number of benzene rings is 2. The minimum atomic E-state index is -0.204. The highest BCUT2D eigenvalue weighted by molar-refractivity contribution is 8.01. The number of para-hydroxylation sites is 1. The average molecular weight is 375 g/mol. The maximum atomic E-state index is 12.7. The molecule has 0 fully saturated rings. The zero-order valence-electron chi connectivity index (χ0n) is 13.9. The molecule has 0 saturated heterocycles. The molecule has 0 bridgehead atoms. The summed E-state index contributed by atoms with van der Waals surface area (Å²) in [5, 5.41) is 3.32. The predicted octanol–water partition coefficient (Wildman–Crippen LogP) is 3.87. The van der Waals surface area contributed by atoms with Gasteiger partial charge in [0.2, 0.25) is 11.8 Å². The van der Waals surface area contributed by atoms with Gasteiger partial charge in [-0.1, -0.05) is 48.9 Å². The molecule has 0 aromatic heterocycles. The maximum Gasteiger partial charge on any atom is 0.240 e. The van der Waals surface area contributed by atoms with Gasteiger partial charge in [0.15, 0.2) is 0 Å². The first-order chi connectivity index (χ1) is 12.1. The van der Waals surface area contributed by atoms with Crippen molar-refractivity contribution >= 4 is 40.9 Å². The number of nitrogens with one attached hydrogen (secondary N) is 1. The van der Waals surface area contributed by atoms with Crippen LogP contribution in [0.2, 0.25) is 5.02 Å². The Morgan fingerprint density at radius 1 is 1.20 bits per heavy atom. The third-order valence-corrected chi connectivity index (χ3v) is 5.86. The second-order valence-electron chi connectivity index (χ2n) is 5.77. The minimum Gasteiger partial charge on any atom is -0.350 e. The van der Waals surface area contributed by atoms with Crippen LogP contribution in [-0.4, -0.2) is 23.6 Å². The Morgan fingerprint density at radius 3 is 2.68 bits per heavy atom. The van der Waals surface area contributed by atoms with Crippen molar-refractivity contribution in [2.24, 2.45) is 0 Å². The number of rotatable bonds is 5. The lowest BCUT2D eigenvalue weighted by Gasteiger charge is -2.32. The van der Waals surface area contributed by atoms with Gasteiger partial charge in [-0.05, 0) is 30.2 Å². The second-order valence-corrected chi connectivity index (χ2v) is 7.43. The summed E-state index contributed by atoms with van der Waals surface area (Å²) in [5.41, 5.74) is 1.65. The zero-order chi connectivity index (χ0) is 17.8. The van der Waals surface area contributed by atoms with Crippen molar-refractivity contribution in [1.29, 1.82) is 0 Å². The van der Waals surface area contributed by atoms with E-state index in [1.165, 1.54) is 0 Å². The fraction of sp³-hybridized carbons (Fsp3) is 0.263. The van der Waals surface area contributed by atoms with E-state index in [4.69, 9.17) is 11.6 Å². The molecule has 0 unspecified atom stereocenters. The third-order valence-electron chi connectivity index (χ3n) is 4.07. The number of hydrogen-bond donors (Lipinski definition) is 1.